The van der Waals surface area contributed by atoms with Gasteiger partial charge in [0.2, 0.25) is 0 Å². The maximum absolute atomic E-state index is 9.40. The molecule has 1 heterocycles. The highest BCUT2D eigenvalue weighted by Crippen LogP contribution is 2.34. The van der Waals surface area contributed by atoms with Gasteiger partial charge in [-0.15, -0.1) is 0 Å². The van der Waals surface area contributed by atoms with Crippen LogP contribution in [0.15, 0.2) is 24.3 Å². The second kappa shape index (κ2) is 2.60. The summed E-state index contributed by atoms with van der Waals surface area (Å²) < 4.78 is 1.02. The Labute approximate surface area is 73.6 Å². The third kappa shape index (κ3) is 0.905. The summed E-state index contributed by atoms with van der Waals surface area (Å²) >= 11 is 1.31. The molecule has 2 nitrogen and oxygen atoms in total. The van der Waals surface area contributed by atoms with E-state index in [9.17, 15) is 5.11 Å². The van der Waals surface area contributed by atoms with Gasteiger partial charge in [-0.1, -0.05) is 29.5 Å². The van der Waals surface area contributed by atoms with Gasteiger partial charge in [0.25, 0.3) is 0 Å². The molecule has 0 radical (unpaired) electrons. The largest absolute Gasteiger partial charge is 0.499 e. The zero-order chi connectivity index (χ0) is 8.55. The highest BCUT2D eigenvalue weighted by atomic mass is 32.1. The topological polar surface area (TPSA) is 44.1 Å². The normalized spacial score (nSPS) is 10.3. The van der Waals surface area contributed by atoms with Crippen LogP contribution in [0.5, 0.6) is 5.06 Å². The maximum Gasteiger partial charge on any atom is 0.181 e. The Hall–Kier alpha value is -1.35. The third-order valence-corrected chi connectivity index (χ3v) is 2.75. The van der Waals surface area contributed by atoms with Crippen molar-refractivity contribution in [2.24, 2.45) is 0 Å². The lowest BCUT2D eigenvalue weighted by molar-refractivity contribution is 0.490. The molecule has 0 fully saturated rings. The zero-order valence-electron chi connectivity index (χ0n) is 6.24. The van der Waals surface area contributed by atoms with Crippen LogP contribution in [0.2, 0.25) is 0 Å². The fourth-order valence-electron chi connectivity index (χ4n) is 1.19. The lowest BCUT2D eigenvalue weighted by Crippen LogP contribution is -1.74. The van der Waals surface area contributed by atoms with Crippen molar-refractivity contribution in [3.63, 3.8) is 0 Å². The van der Waals surface area contributed by atoms with Crippen molar-refractivity contribution in [2.75, 3.05) is 0 Å². The minimum Gasteiger partial charge on any atom is -0.499 e. The second-order valence-corrected chi connectivity index (χ2v) is 3.49. The molecule has 1 aromatic heterocycles. The van der Waals surface area contributed by atoms with Gasteiger partial charge < -0.3 is 10.5 Å². The number of hydrogen-bond acceptors (Lipinski definition) is 3. The summed E-state index contributed by atoms with van der Waals surface area (Å²) in [5.74, 6) is 0. The Morgan fingerprint density at radius 2 is 2.08 bits per heavy atom. The molecule has 2 N–H and O–H groups in total. The summed E-state index contributed by atoms with van der Waals surface area (Å²) in [7, 11) is 0. The molecule has 60 valence electrons. The van der Waals surface area contributed by atoms with E-state index >= 15 is 0 Å². The van der Waals surface area contributed by atoms with E-state index in [4.69, 9.17) is 5.41 Å². The maximum atomic E-state index is 9.40. The van der Waals surface area contributed by atoms with Crippen LogP contribution >= 0.6 is 11.3 Å². The number of aromatic hydroxyl groups is 1. The van der Waals surface area contributed by atoms with Gasteiger partial charge in [-0.3, -0.25) is 0 Å². The van der Waals surface area contributed by atoms with Crippen LogP contribution in [0.25, 0.3) is 10.1 Å². The monoisotopic (exact) mass is 177 g/mol. The van der Waals surface area contributed by atoms with Crippen LogP contribution in [0.1, 0.15) is 5.56 Å². The molecule has 0 aliphatic rings. The Morgan fingerprint density at radius 3 is 2.83 bits per heavy atom. The number of fused-ring (bicyclic) bond motifs is 1. The first-order valence-corrected chi connectivity index (χ1v) is 4.35. The molecule has 0 spiro atoms. The second-order valence-electron chi connectivity index (χ2n) is 2.46. The summed E-state index contributed by atoms with van der Waals surface area (Å²) in [6.45, 7) is 0. The third-order valence-electron chi connectivity index (χ3n) is 1.76. The van der Waals surface area contributed by atoms with Crippen LogP contribution < -0.4 is 0 Å². The zero-order valence-corrected chi connectivity index (χ0v) is 7.06. The fourth-order valence-corrected chi connectivity index (χ4v) is 2.11. The van der Waals surface area contributed by atoms with E-state index in [2.05, 4.69) is 0 Å². The number of thiophene rings is 1. The molecule has 0 unspecified atom stereocenters. The standard InChI is InChI=1S/C9H7NOS/c10-5-7-6-3-1-2-4-8(6)12-9(7)11/h1-5,10-11H. The van der Waals surface area contributed by atoms with E-state index in [0.29, 0.717) is 5.56 Å². The predicted octanol–water partition coefficient (Wildman–Crippen LogP) is 2.60. The molecule has 0 saturated carbocycles. The average molecular weight is 177 g/mol. The Balaban J connectivity index is 2.90. The SMILES string of the molecule is N=Cc1c(O)sc2ccccc12. The van der Waals surface area contributed by atoms with Crippen molar-refractivity contribution >= 4 is 27.6 Å². The van der Waals surface area contributed by atoms with Crippen LogP contribution in [0.3, 0.4) is 0 Å². The van der Waals surface area contributed by atoms with Crippen molar-refractivity contribution in [2.45, 2.75) is 0 Å². The summed E-state index contributed by atoms with van der Waals surface area (Å²) in [6.07, 6.45) is 1.19. The quantitative estimate of drug-likeness (QED) is 0.646. The Kier molecular flexibility index (Phi) is 1.59. The molecule has 0 bridgehead atoms. The number of hydrogen-bond donors (Lipinski definition) is 2. The molecular weight excluding hydrogens is 170 g/mol. The minimum absolute atomic E-state index is 0.228. The summed E-state index contributed by atoms with van der Waals surface area (Å²) in [5, 5.41) is 17.7. The first-order valence-electron chi connectivity index (χ1n) is 3.54. The van der Waals surface area contributed by atoms with E-state index in [-0.39, 0.29) is 5.06 Å². The summed E-state index contributed by atoms with van der Waals surface area (Å²) in [4.78, 5) is 0. The van der Waals surface area contributed by atoms with Gasteiger partial charge in [-0.05, 0) is 6.07 Å². The number of nitrogens with one attached hydrogen (secondary N) is 1. The molecule has 1 aromatic carbocycles. The molecular formula is C9H7NOS. The molecule has 0 aliphatic carbocycles. The van der Waals surface area contributed by atoms with Crippen LogP contribution in [0.4, 0.5) is 0 Å². The van der Waals surface area contributed by atoms with E-state index in [1.165, 1.54) is 17.6 Å². The van der Waals surface area contributed by atoms with E-state index in [1.807, 2.05) is 24.3 Å². The molecule has 0 aliphatic heterocycles. The molecule has 3 heteroatoms. The molecule has 0 saturated heterocycles. The van der Waals surface area contributed by atoms with Crippen LogP contribution in [0, 0.1) is 5.41 Å². The van der Waals surface area contributed by atoms with Gasteiger partial charge in [0.1, 0.15) is 0 Å². The number of rotatable bonds is 1. The average Bonchev–Trinajstić information content (AvgIpc) is 2.40. The van der Waals surface area contributed by atoms with E-state index in [0.717, 1.165) is 10.1 Å². The molecule has 2 rings (SSSR count). The first kappa shape index (κ1) is 7.31. The van der Waals surface area contributed by atoms with E-state index < -0.39 is 0 Å². The highest BCUT2D eigenvalue weighted by molar-refractivity contribution is 7.21. The Morgan fingerprint density at radius 1 is 1.33 bits per heavy atom. The van der Waals surface area contributed by atoms with Crippen LogP contribution in [-0.4, -0.2) is 11.3 Å². The lowest BCUT2D eigenvalue weighted by atomic mass is 10.2. The minimum atomic E-state index is 0.228. The van der Waals surface area contributed by atoms with Gasteiger partial charge in [0, 0.05) is 16.3 Å². The highest BCUT2D eigenvalue weighted by Gasteiger charge is 2.06. The summed E-state index contributed by atoms with van der Waals surface area (Å²) in [6, 6.07) is 7.67. The molecule has 0 amide bonds. The molecule has 12 heavy (non-hydrogen) atoms. The van der Waals surface area contributed by atoms with Crippen LogP contribution in [-0.2, 0) is 0 Å². The number of benzene rings is 1. The summed E-state index contributed by atoms with van der Waals surface area (Å²) in [5.41, 5.74) is 0.621. The lowest BCUT2D eigenvalue weighted by Gasteiger charge is -1.88. The van der Waals surface area contributed by atoms with Gasteiger partial charge in [0.15, 0.2) is 5.06 Å². The van der Waals surface area contributed by atoms with Crippen molar-refractivity contribution in [3.05, 3.63) is 29.8 Å². The fraction of sp³-hybridized carbons (Fsp3) is 0. The Bertz CT molecular complexity index is 433. The van der Waals surface area contributed by atoms with Gasteiger partial charge in [-0.25, -0.2) is 0 Å². The van der Waals surface area contributed by atoms with Gasteiger partial charge >= 0.3 is 0 Å². The van der Waals surface area contributed by atoms with E-state index in [1.54, 1.807) is 0 Å². The molecule has 0 atom stereocenters. The van der Waals surface area contributed by atoms with Gasteiger partial charge in [0.05, 0.1) is 5.56 Å². The van der Waals surface area contributed by atoms with Crippen molar-refractivity contribution in [1.82, 2.24) is 0 Å². The smallest absolute Gasteiger partial charge is 0.181 e. The first-order chi connectivity index (χ1) is 5.83. The molecule has 2 aromatic rings. The predicted molar refractivity (Wildman–Crippen MR) is 51.4 cm³/mol. The van der Waals surface area contributed by atoms with Gasteiger partial charge in [-0.2, -0.15) is 0 Å². The van der Waals surface area contributed by atoms with Crippen molar-refractivity contribution in [1.29, 1.82) is 5.41 Å². The van der Waals surface area contributed by atoms with Crippen molar-refractivity contribution < 1.29 is 5.11 Å². The van der Waals surface area contributed by atoms with Crippen molar-refractivity contribution in [3.8, 4) is 5.06 Å².